The van der Waals surface area contributed by atoms with E-state index in [1.54, 1.807) is 13.0 Å². The zero-order valence-corrected chi connectivity index (χ0v) is 7.67. The van der Waals surface area contributed by atoms with Crippen LogP contribution in [0.1, 0.15) is 19.8 Å². The van der Waals surface area contributed by atoms with Gasteiger partial charge in [0.1, 0.15) is 6.04 Å². The Bertz CT molecular complexity index is 236. The molecule has 1 saturated heterocycles. The van der Waals surface area contributed by atoms with E-state index in [0.29, 0.717) is 0 Å². The van der Waals surface area contributed by atoms with E-state index in [-0.39, 0.29) is 17.9 Å². The Kier molecular flexibility index (Phi) is 3.49. The summed E-state index contributed by atoms with van der Waals surface area (Å²) in [6, 6.07) is -0.350. The maximum atomic E-state index is 11.2. The first-order valence-electron chi connectivity index (χ1n) is 4.45. The van der Waals surface area contributed by atoms with Crippen LogP contribution in [-0.4, -0.2) is 24.4 Å². The van der Waals surface area contributed by atoms with Crippen LogP contribution >= 0.6 is 0 Å². The maximum Gasteiger partial charge on any atom is 0.244 e. The molecule has 2 amide bonds. The van der Waals surface area contributed by atoms with Crippen LogP contribution in [0, 0.1) is 0 Å². The van der Waals surface area contributed by atoms with Crippen molar-refractivity contribution in [2.24, 2.45) is 0 Å². The van der Waals surface area contributed by atoms with E-state index in [2.05, 4.69) is 10.6 Å². The highest BCUT2D eigenvalue weighted by Crippen LogP contribution is 2.02. The lowest BCUT2D eigenvalue weighted by Crippen LogP contribution is -2.49. The highest BCUT2D eigenvalue weighted by atomic mass is 16.2. The number of carbonyl (C=O) groups excluding carboxylic acids is 2. The van der Waals surface area contributed by atoms with Crippen LogP contribution in [0.3, 0.4) is 0 Å². The number of allylic oxidation sites excluding steroid dienone is 1. The van der Waals surface area contributed by atoms with Crippen LogP contribution in [0.4, 0.5) is 0 Å². The summed E-state index contributed by atoms with van der Waals surface area (Å²) in [6.07, 6.45) is 4.72. The van der Waals surface area contributed by atoms with Crippen LogP contribution in [0.2, 0.25) is 0 Å². The van der Waals surface area contributed by atoms with Gasteiger partial charge in [-0.05, 0) is 25.8 Å². The molecule has 1 aliphatic heterocycles. The molecule has 1 heterocycles. The van der Waals surface area contributed by atoms with Gasteiger partial charge in [0.2, 0.25) is 11.8 Å². The lowest BCUT2D eigenvalue weighted by molar-refractivity contribution is -0.128. The van der Waals surface area contributed by atoms with Gasteiger partial charge < -0.3 is 10.6 Å². The number of rotatable bonds is 2. The number of carbonyl (C=O) groups is 2. The summed E-state index contributed by atoms with van der Waals surface area (Å²) in [4.78, 5) is 22.3. The number of hydrogen-bond donors (Lipinski definition) is 2. The number of piperidine rings is 1. The minimum absolute atomic E-state index is 0.0795. The number of hydrogen-bond acceptors (Lipinski definition) is 2. The molecule has 0 radical (unpaired) electrons. The molecule has 1 atom stereocenters. The van der Waals surface area contributed by atoms with Gasteiger partial charge in [-0.25, -0.2) is 0 Å². The average molecular weight is 182 g/mol. The fraction of sp³-hybridized carbons (Fsp3) is 0.556. The van der Waals surface area contributed by atoms with Gasteiger partial charge >= 0.3 is 0 Å². The summed E-state index contributed by atoms with van der Waals surface area (Å²) in [5, 5.41) is 5.33. The molecule has 0 bridgehead atoms. The third-order valence-electron chi connectivity index (χ3n) is 1.92. The predicted molar refractivity (Wildman–Crippen MR) is 49.0 cm³/mol. The first-order chi connectivity index (χ1) is 6.24. The van der Waals surface area contributed by atoms with Crippen molar-refractivity contribution in [2.75, 3.05) is 6.54 Å². The number of amides is 2. The van der Waals surface area contributed by atoms with Crippen molar-refractivity contribution < 1.29 is 9.59 Å². The number of nitrogens with one attached hydrogen (secondary N) is 2. The molecule has 1 fully saturated rings. The van der Waals surface area contributed by atoms with Gasteiger partial charge in [0.15, 0.2) is 0 Å². The minimum atomic E-state index is -0.350. The second kappa shape index (κ2) is 4.64. The maximum absolute atomic E-state index is 11.2. The Labute approximate surface area is 77.4 Å². The van der Waals surface area contributed by atoms with Gasteiger partial charge in [-0.1, -0.05) is 6.08 Å². The standard InChI is InChI=1S/C9H14N2O2/c1-2-4-8(12)11-7-5-3-6-10-9(7)13/h2,4,7H,3,5-6H2,1H3,(H,10,13)(H,11,12). The van der Waals surface area contributed by atoms with Crippen molar-refractivity contribution in [1.82, 2.24) is 10.6 Å². The van der Waals surface area contributed by atoms with E-state index >= 15 is 0 Å². The molecule has 0 aliphatic carbocycles. The van der Waals surface area contributed by atoms with Gasteiger partial charge in [0, 0.05) is 6.54 Å². The molecule has 1 unspecified atom stereocenters. The van der Waals surface area contributed by atoms with Crippen LogP contribution in [0.25, 0.3) is 0 Å². The normalized spacial score (nSPS) is 22.8. The highest BCUT2D eigenvalue weighted by molar-refractivity contribution is 5.93. The Hall–Kier alpha value is -1.32. The molecule has 72 valence electrons. The molecular weight excluding hydrogens is 168 g/mol. The Morgan fingerprint density at radius 3 is 3.08 bits per heavy atom. The molecule has 2 N–H and O–H groups in total. The summed E-state index contributed by atoms with van der Waals surface area (Å²) < 4.78 is 0. The molecular formula is C9H14N2O2. The summed E-state index contributed by atoms with van der Waals surface area (Å²) in [7, 11) is 0. The van der Waals surface area contributed by atoms with Crippen molar-refractivity contribution in [1.29, 1.82) is 0 Å². The molecule has 4 nitrogen and oxygen atoms in total. The summed E-state index contributed by atoms with van der Waals surface area (Å²) in [6.45, 7) is 2.48. The van der Waals surface area contributed by atoms with Crippen LogP contribution in [0.5, 0.6) is 0 Å². The van der Waals surface area contributed by atoms with E-state index < -0.39 is 0 Å². The van der Waals surface area contributed by atoms with Crippen LogP contribution < -0.4 is 10.6 Å². The third kappa shape index (κ3) is 2.89. The lowest BCUT2D eigenvalue weighted by atomic mass is 10.1. The van der Waals surface area contributed by atoms with Gasteiger partial charge in [0.05, 0.1) is 0 Å². The summed E-state index contributed by atoms with van der Waals surface area (Å²) in [5.74, 6) is -0.284. The first-order valence-corrected chi connectivity index (χ1v) is 4.45. The monoisotopic (exact) mass is 182 g/mol. The van der Waals surface area contributed by atoms with Crippen molar-refractivity contribution in [3.8, 4) is 0 Å². The molecule has 0 aromatic carbocycles. The minimum Gasteiger partial charge on any atom is -0.354 e. The molecule has 1 aliphatic rings. The van der Waals surface area contributed by atoms with Gasteiger partial charge in [-0.2, -0.15) is 0 Å². The topological polar surface area (TPSA) is 58.2 Å². The highest BCUT2D eigenvalue weighted by Gasteiger charge is 2.22. The van der Waals surface area contributed by atoms with Crippen LogP contribution in [0.15, 0.2) is 12.2 Å². The summed E-state index contributed by atoms with van der Waals surface area (Å²) in [5.41, 5.74) is 0. The predicted octanol–water partition coefficient (Wildman–Crippen LogP) is -0.0427. The molecule has 0 saturated carbocycles. The molecule has 4 heteroatoms. The lowest BCUT2D eigenvalue weighted by Gasteiger charge is -2.21. The van der Waals surface area contributed by atoms with Gasteiger partial charge in [-0.3, -0.25) is 9.59 Å². The van der Waals surface area contributed by atoms with Gasteiger partial charge in [0.25, 0.3) is 0 Å². The third-order valence-corrected chi connectivity index (χ3v) is 1.92. The van der Waals surface area contributed by atoms with Crippen molar-refractivity contribution in [3.05, 3.63) is 12.2 Å². The molecule has 0 aromatic rings. The zero-order chi connectivity index (χ0) is 9.68. The fourth-order valence-electron chi connectivity index (χ4n) is 1.28. The van der Waals surface area contributed by atoms with E-state index in [1.165, 1.54) is 6.08 Å². The van der Waals surface area contributed by atoms with E-state index in [9.17, 15) is 9.59 Å². The SMILES string of the molecule is CC=CC(=O)NC1CCCNC1=O. The summed E-state index contributed by atoms with van der Waals surface area (Å²) >= 11 is 0. The Morgan fingerprint density at radius 2 is 2.46 bits per heavy atom. The molecule has 13 heavy (non-hydrogen) atoms. The van der Waals surface area contributed by atoms with Crippen molar-refractivity contribution in [3.63, 3.8) is 0 Å². The second-order valence-corrected chi connectivity index (χ2v) is 2.99. The fourth-order valence-corrected chi connectivity index (χ4v) is 1.28. The molecule has 0 aromatic heterocycles. The largest absolute Gasteiger partial charge is 0.354 e. The smallest absolute Gasteiger partial charge is 0.244 e. The van der Waals surface area contributed by atoms with Crippen LogP contribution in [-0.2, 0) is 9.59 Å². The second-order valence-electron chi connectivity index (χ2n) is 2.99. The Morgan fingerprint density at radius 1 is 1.69 bits per heavy atom. The van der Waals surface area contributed by atoms with E-state index in [0.717, 1.165) is 19.4 Å². The molecule has 0 spiro atoms. The van der Waals surface area contributed by atoms with Crippen molar-refractivity contribution in [2.45, 2.75) is 25.8 Å². The van der Waals surface area contributed by atoms with E-state index in [4.69, 9.17) is 0 Å². The Balaban J connectivity index is 2.42. The average Bonchev–Trinajstić information content (AvgIpc) is 2.09. The first kappa shape index (κ1) is 9.77. The molecule has 1 rings (SSSR count). The van der Waals surface area contributed by atoms with E-state index in [1.807, 2.05) is 0 Å². The zero-order valence-electron chi connectivity index (χ0n) is 7.67. The van der Waals surface area contributed by atoms with Crippen molar-refractivity contribution >= 4 is 11.8 Å². The quantitative estimate of drug-likeness (QED) is 0.589. The van der Waals surface area contributed by atoms with Gasteiger partial charge in [-0.15, -0.1) is 0 Å².